The van der Waals surface area contributed by atoms with Crippen molar-refractivity contribution in [2.75, 3.05) is 21.1 Å². The first-order chi connectivity index (χ1) is 10.9. The number of hydrogen-bond acceptors (Lipinski definition) is 5. The summed E-state index contributed by atoms with van der Waals surface area (Å²) in [5, 5.41) is 2.40. The molecular formula is C16H21N5O2. The summed E-state index contributed by atoms with van der Waals surface area (Å²) in [4.78, 5) is 34.1. The highest BCUT2D eigenvalue weighted by Crippen LogP contribution is 2.26. The van der Waals surface area contributed by atoms with Crippen molar-refractivity contribution in [3.63, 3.8) is 0 Å². The number of fused-ring (bicyclic) bond motifs is 1. The standard InChI is InChI=1S/C16H21N5O2/c1-10-6-5-7-11(8-10)9-21-12-13(17-15(21)19(2)3)20(4)16(23)18-14(12)22/h5-8,12-13H,9H2,1-4H3,(H,18,22,23). The van der Waals surface area contributed by atoms with Gasteiger partial charge in [0.15, 0.2) is 18.2 Å². The highest BCUT2D eigenvalue weighted by Gasteiger charge is 2.48. The van der Waals surface area contributed by atoms with Crippen LogP contribution in [-0.4, -0.2) is 65.9 Å². The first-order valence-electron chi connectivity index (χ1n) is 7.53. The van der Waals surface area contributed by atoms with E-state index in [9.17, 15) is 9.59 Å². The minimum absolute atomic E-state index is 0.300. The molecule has 1 saturated heterocycles. The van der Waals surface area contributed by atoms with E-state index in [0.29, 0.717) is 12.5 Å². The van der Waals surface area contributed by atoms with E-state index in [1.165, 1.54) is 10.5 Å². The van der Waals surface area contributed by atoms with Gasteiger partial charge in [-0.3, -0.25) is 10.1 Å². The molecule has 2 aliphatic rings. The van der Waals surface area contributed by atoms with Crippen molar-refractivity contribution in [3.05, 3.63) is 35.4 Å². The third-order valence-corrected chi connectivity index (χ3v) is 4.17. The fourth-order valence-electron chi connectivity index (χ4n) is 3.06. The number of guanidine groups is 1. The number of nitrogens with one attached hydrogen (secondary N) is 1. The van der Waals surface area contributed by atoms with Crippen LogP contribution >= 0.6 is 0 Å². The molecule has 0 aliphatic carbocycles. The van der Waals surface area contributed by atoms with E-state index in [2.05, 4.69) is 16.4 Å². The summed E-state index contributed by atoms with van der Waals surface area (Å²) in [5.41, 5.74) is 2.27. The fourth-order valence-corrected chi connectivity index (χ4v) is 3.06. The van der Waals surface area contributed by atoms with Gasteiger partial charge in [-0.25, -0.2) is 9.79 Å². The summed E-state index contributed by atoms with van der Waals surface area (Å²) in [6, 6.07) is 7.25. The van der Waals surface area contributed by atoms with E-state index in [0.717, 1.165) is 5.56 Å². The molecule has 2 unspecified atom stereocenters. The number of carbonyl (C=O) groups is 2. The predicted molar refractivity (Wildman–Crippen MR) is 86.7 cm³/mol. The lowest BCUT2D eigenvalue weighted by Crippen LogP contribution is -2.63. The molecule has 3 amide bonds. The highest BCUT2D eigenvalue weighted by atomic mass is 16.2. The van der Waals surface area contributed by atoms with E-state index < -0.39 is 18.2 Å². The smallest absolute Gasteiger partial charge is 0.325 e. The molecule has 23 heavy (non-hydrogen) atoms. The molecule has 2 heterocycles. The van der Waals surface area contributed by atoms with Crippen molar-refractivity contribution >= 4 is 17.9 Å². The van der Waals surface area contributed by atoms with Gasteiger partial charge < -0.3 is 14.7 Å². The van der Waals surface area contributed by atoms with Gasteiger partial charge in [0.1, 0.15) is 0 Å². The second-order valence-electron chi connectivity index (χ2n) is 6.20. The lowest BCUT2D eigenvalue weighted by molar-refractivity contribution is -0.127. The van der Waals surface area contributed by atoms with Gasteiger partial charge in [-0.05, 0) is 12.5 Å². The molecule has 7 heteroatoms. The Labute approximate surface area is 135 Å². The van der Waals surface area contributed by atoms with Crippen molar-refractivity contribution in [1.82, 2.24) is 20.0 Å². The van der Waals surface area contributed by atoms with Crippen LogP contribution in [0.15, 0.2) is 29.3 Å². The SMILES string of the molecule is Cc1cccc(CN2C(N(C)C)=NC3C2C(=O)NC(=O)N3C)c1. The minimum Gasteiger partial charge on any atom is -0.349 e. The molecule has 1 aromatic rings. The summed E-state index contributed by atoms with van der Waals surface area (Å²) in [6.45, 7) is 2.60. The number of rotatable bonds is 2. The van der Waals surface area contributed by atoms with Crippen LogP contribution in [0, 0.1) is 6.92 Å². The molecule has 0 spiro atoms. The maximum absolute atomic E-state index is 12.4. The first kappa shape index (κ1) is 15.3. The van der Waals surface area contributed by atoms with Gasteiger partial charge in [0, 0.05) is 27.7 Å². The van der Waals surface area contributed by atoms with Crippen LogP contribution in [0.1, 0.15) is 11.1 Å². The van der Waals surface area contributed by atoms with Crippen LogP contribution in [0.2, 0.25) is 0 Å². The number of carbonyl (C=O) groups excluding carboxylic acids is 2. The Morgan fingerprint density at radius 1 is 1.30 bits per heavy atom. The van der Waals surface area contributed by atoms with Gasteiger partial charge in [-0.15, -0.1) is 0 Å². The van der Waals surface area contributed by atoms with Gasteiger partial charge in [0.05, 0.1) is 0 Å². The van der Waals surface area contributed by atoms with Gasteiger partial charge in [0.25, 0.3) is 5.91 Å². The number of hydrogen-bond donors (Lipinski definition) is 1. The molecule has 0 saturated carbocycles. The third-order valence-electron chi connectivity index (χ3n) is 4.17. The molecule has 1 aromatic carbocycles. The van der Waals surface area contributed by atoms with Crippen LogP contribution in [0.25, 0.3) is 0 Å². The summed E-state index contributed by atoms with van der Waals surface area (Å²) >= 11 is 0. The lowest BCUT2D eigenvalue weighted by atomic mass is 10.1. The molecule has 1 fully saturated rings. The number of imide groups is 1. The zero-order valence-corrected chi connectivity index (χ0v) is 13.8. The van der Waals surface area contributed by atoms with Gasteiger partial charge >= 0.3 is 6.03 Å². The number of amides is 3. The monoisotopic (exact) mass is 315 g/mol. The Morgan fingerprint density at radius 2 is 2.04 bits per heavy atom. The molecule has 0 radical (unpaired) electrons. The summed E-state index contributed by atoms with van der Waals surface area (Å²) in [7, 11) is 5.44. The summed E-state index contributed by atoms with van der Waals surface area (Å²) in [6.07, 6.45) is -0.488. The van der Waals surface area contributed by atoms with E-state index in [4.69, 9.17) is 0 Å². The van der Waals surface area contributed by atoms with E-state index in [1.807, 2.05) is 49.0 Å². The lowest BCUT2D eigenvalue weighted by Gasteiger charge is -2.36. The van der Waals surface area contributed by atoms with Crippen LogP contribution in [0.4, 0.5) is 4.79 Å². The van der Waals surface area contributed by atoms with Crippen LogP contribution in [-0.2, 0) is 11.3 Å². The van der Waals surface area contributed by atoms with Crippen LogP contribution in [0.5, 0.6) is 0 Å². The quantitative estimate of drug-likeness (QED) is 0.868. The average molecular weight is 315 g/mol. The molecule has 1 N–H and O–H groups in total. The Morgan fingerprint density at radius 3 is 2.70 bits per heavy atom. The minimum atomic E-state index is -0.504. The van der Waals surface area contributed by atoms with Crippen molar-refractivity contribution in [3.8, 4) is 0 Å². The molecule has 0 bridgehead atoms. The maximum Gasteiger partial charge on any atom is 0.325 e. The zero-order valence-electron chi connectivity index (χ0n) is 13.8. The van der Waals surface area contributed by atoms with Crippen LogP contribution in [0.3, 0.4) is 0 Å². The second-order valence-corrected chi connectivity index (χ2v) is 6.20. The number of likely N-dealkylation sites (N-methyl/N-ethyl adjacent to an activating group) is 1. The molecular weight excluding hydrogens is 294 g/mol. The zero-order chi connectivity index (χ0) is 16.7. The maximum atomic E-state index is 12.4. The highest BCUT2D eigenvalue weighted by molar-refractivity contribution is 6.03. The average Bonchev–Trinajstić information content (AvgIpc) is 2.85. The number of benzene rings is 1. The van der Waals surface area contributed by atoms with E-state index in [1.54, 1.807) is 7.05 Å². The molecule has 3 rings (SSSR count). The van der Waals surface area contributed by atoms with Gasteiger partial charge in [0.2, 0.25) is 0 Å². The van der Waals surface area contributed by atoms with E-state index >= 15 is 0 Å². The molecule has 2 atom stereocenters. The Kier molecular flexibility index (Phi) is 3.71. The Balaban J connectivity index is 1.95. The summed E-state index contributed by atoms with van der Waals surface area (Å²) < 4.78 is 0. The predicted octanol–water partition coefficient (Wildman–Crippen LogP) is 0.605. The first-order valence-corrected chi connectivity index (χ1v) is 7.53. The molecule has 7 nitrogen and oxygen atoms in total. The number of urea groups is 1. The van der Waals surface area contributed by atoms with Crippen LogP contribution < -0.4 is 5.32 Å². The number of aryl methyl sites for hydroxylation is 1. The molecule has 0 aromatic heterocycles. The third kappa shape index (κ3) is 2.62. The number of aliphatic imine (C=N–C) groups is 1. The number of nitrogens with zero attached hydrogens (tertiary/aromatic N) is 4. The van der Waals surface area contributed by atoms with Gasteiger partial charge in [-0.1, -0.05) is 29.8 Å². The summed E-state index contributed by atoms with van der Waals surface area (Å²) in [5.74, 6) is 0.407. The van der Waals surface area contributed by atoms with Crippen molar-refractivity contribution in [2.24, 2.45) is 4.99 Å². The fraction of sp³-hybridized carbons (Fsp3) is 0.438. The molecule has 122 valence electrons. The Hall–Kier alpha value is -2.57. The van der Waals surface area contributed by atoms with Gasteiger partial charge in [-0.2, -0.15) is 0 Å². The van der Waals surface area contributed by atoms with Crippen molar-refractivity contribution in [1.29, 1.82) is 0 Å². The van der Waals surface area contributed by atoms with Crippen molar-refractivity contribution < 1.29 is 9.59 Å². The second kappa shape index (κ2) is 5.57. The normalized spacial score (nSPS) is 23.6. The van der Waals surface area contributed by atoms with E-state index in [-0.39, 0.29) is 5.91 Å². The topological polar surface area (TPSA) is 68.2 Å². The molecule has 2 aliphatic heterocycles. The van der Waals surface area contributed by atoms with Crippen molar-refractivity contribution in [2.45, 2.75) is 25.7 Å². The largest absolute Gasteiger partial charge is 0.349 e. The Bertz CT molecular complexity index is 685.